The van der Waals surface area contributed by atoms with E-state index in [-0.39, 0.29) is 11.8 Å². The zero-order valence-corrected chi connectivity index (χ0v) is 16.1. The first-order valence-corrected chi connectivity index (χ1v) is 9.67. The van der Waals surface area contributed by atoms with Gasteiger partial charge in [0.15, 0.2) is 3.95 Å². The van der Waals surface area contributed by atoms with E-state index in [4.69, 9.17) is 12.2 Å². The summed E-state index contributed by atoms with van der Waals surface area (Å²) in [5.41, 5.74) is 2.96. The summed E-state index contributed by atoms with van der Waals surface area (Å²) >= 11 is 6.79. The van der Waals surface area contributed by atoms with Gasteiger partial charge in [0.05, 0.1) is 17.7 Å². The first kappa shape index (κ1) is 18.5. The molecule has 0 amide bonds. The molecule has 136 valence electrons. The Bertz CT molecular complexity index is 925. The molecule has 0 atom stereocenters. The van der Waals surface area contributed by atoms with Gasteiger partial charge in [0.1, 0.15) is 0 Å². The molecule has 0 unspecified atom stereocenters. The molecule has 3 rings (SSSR count). The summed E-state index contributed by atoms with van der Waals surface area (Å²) in [5, 5.41) is 10.5. The molecule has 26 heavy (non-hydrogen) atoms. The SMILES string of the molecule is COC(=O)CCCCCn1c(O)c(/C=C2\C=Nc3ccccc32)sc1=S. The molecule has 0 saturated carbocycles. The smallest absolute Gasteiger partial charge is 0.305 e. The quantitative estimate of drug-likeness (QED) is 0.413. The van der Waals surface area contributed by atoms with Gasteiger partial charge >= 0.3 is 5.97 Å². The lowest BCUT2D eigenvalue weighted by atomic mass is 10.1. The zero-order valence-electron chi connectivity index (χ0n) is 14.5. The van der Waals surface area contributed by atoms with Gasteiger partial charge in [-0.05, 0) is 37.2 Å². The van der Waals surface area contributed by atoms with Crippen molar-refractivity contribution >= 4 is 53.1 Å². The summed E-state index contributed by atoms with van der Waals surface area (Å²) in [5.74, 6) is 0.00524. The van der Waals surface area contributed by atoms with Crippen molar-refractivity contribution in [3.63, 3.8) is 0 Å². The third-order valence-corrected chi connectivity index (χ3v) is 5.61. The van der Waals surface area contributed by atoms with Crippen molar-refractivity contribution < 1.29 is 14.6 Å². The number of ether oxygens (including phenoxy) is 1. The number of aliphatic imine (C=N–C) groups is 1. The fourth-order valence-electron chi connectivity index (χ4n) is 2.82. The van der Waals surface area contributed by atoms with E-state index in [9.17, 15) is 9.90 Å². The normalized spacial score (nSPS) is 14.0. The molecule has 0 radical (unpaired) electrons. The topological polar surface area (TPSA) is 63.8 Å². The van der Waals surface area contributed by atoms with E-state index >= 15 is 0 Å². The molecule has 0 spiro atoms. The van der Waals surface area contributed by atoms with Gasteiger partial charge in [-0.2, -0.15) is 0 Å². The number of carbonyl (C=O) groups excluding carboxylic acids is 1. The number of methoxy groups -OCH3 is 1. The van der Waals surface area contributed by atoms with Gasteiger partial charge in [0, 0.05) is 30.3 Å². The molecular formula is C19H20N2O3S2. The molecule has 5 nitrogen and oxygen atoms in total. The fraction of sp³-hybridized carbons (Fsp3) is 0.316. The number of nitrogens with zero attached hydrogens (tertiary/aromatic N) is 2. The van der Waals surface area contributed by atoms with Crippen LogP contribution in [0, 0.1) is 3.95 Å². The molecule has 2 aromatic rings. The van der Waals surface area contributed by atoms with E-state index in [1.54, 1.807) is 4.57 Å². The molecular weight excluding hydrogens is 368 g/mol. The summed E-state index contributed by atoms with van der Waals surface area (Å²) in [7, 11) is 1.40. The maximum atomic E-state index is 11.1. The highest BCUT2D eigenvalue weighted by molar-refractivity contribution is 7.73. The van der Waals surface area contributed by atoms with Crippen LogP contribution in [0.4, 0.5) is 5.69 Å². The summed E-state index contributed by atoms with van der Waals surface area (Å²) in [6.45, 7) is 0.635. The first-order valence-electron chi connectivity index (χ1n) is 8.44. The van der Waals surface area contributed by atoms with Crippen molar-refractivity contribution in [2.24, 2.45) is 4.99 Å². The van der Waals surface area contributed by atoms with Gasteiger partial charge in [-0.1, -0.05) is 24.6 Å². The Morgan fingerprint density at radius 3 is 2.96 bits per heavy atom. The van der Waals surface area contributed by atoms with Crippen LogP contribution < -0.4 is 0 Å². The van der Waals surface area contributed by atoms with E-state index in [2.05, 4.69) is 9.73 Å². The van der Waals surface area contributed by atoms with Crippen LogP contribution in [0.3, 0.4) is 0 Å². The molecule has 0 bridgehead atoms. The lowest BCUT2D eigenvalue weighted by Crippen LogP contribution is -2.01. The van der Waals surface area contributed by atoms with Crippen molar-refractivity contribution in [3.8, 4) is 5.88 Å². The van der Waals surface area contributed by atoms with Gasteiger partial charge in [-0.25, -0.2) is 0 Å². The number of para-hydroxylation sites is 1. The summed E-state index contributed by atoms with van der Waals surface area (Å²) < 4.78 is 7.03. The Kier molecular flexibility index (Phi) is 6.00. The monoisotopic (exact) mass is 388 g/mol. The molecule has 1 aliphatic rings. The van der Waals surface area contributed by atoms with E-state index in [1.165, 1.54) is 18.4 Å². The largest absolute Gasteiger partial charge is 0.493 e. The Labute approximate surface area is 161 Å². The van der Waals surface area contributed by atoms with E-state index in [0.717, 1.165) is 41.0 Å². The molecule has 0 fully saturated rings. The number of hydrogen-bond acceptors (Lipinski definition) is 6. The highest BCUT2D eigenvalue weighted by Crippen LogP contribution is 2.35. The fourth-order valence-corrected chi connectivity index (χ4v) is 4.13. The maximum Gasteiger partial charge on any atom is 0.305 e. The number of hydrogen-bond donors (Lipinski definition) is 1. The Hall–Kier alpha value is -2.25. The lowest BCUT2D eigenvalue weighted by Gasteiger charge is -2.05. The highest BCUT2D eigenvalue weighted by atomic mass is 32.1. The number of thiazole rings is 1. The van der Waals surface area contributed by atoms with E-state index in [1.807, 2.05) is 36.6 Å². The van der Waals surface area contributed by atoms with E-state index in [0.29, 0.717) is 16.9 Å². The number of aromatic hydroxyl groups is 1. The molecule has 2 heterocycles. The predicted molar refractivity (Wildman–Crippen MR) is 108 cm³/mol. The van der Waals surface area contributed by atoms with Gasteiger partial charge < -0.3 is 9.84 Å². The third-order valence-electron chi connectivity index (χ3n) is 4.23. The van der Waals surface area contributed by atoms with Crippen LogP contribution in [0.5, 0.6) is 5.88 Å². The van der Waals surface area contributed by atoms with Crippen LogP contribution in [-0.2, 0) is 16.1 Å². The molecule has 7 heteroatoms. The maximum absolute atomic E-state index is 11.1. The molecule has 1 aromatic carbocycles. The second kappa shape index (κ2) is 8.42. The minimum Gasteiger partial charge on any atom is -0.493 e. The minimum atomic E-state index is -0.188. The standard InChI is InChI=1S/C19H20N2O3S2/c1-24-17(22)9-3-2-6-10-21-18(23)16(26-19(21)25)11-13-12-20-15-8-5-4-7-14(13)15/h4-5,7-8,11-12,23H,2-3,6,9-10H2,1H3/b13-11+. The Balaban J connectivity index is 1.68. The average Bonchev–Trinajstić information content (AvgIpc) is 3.17. The molecule has 0 saturated heterocycles. The van der Waals surface area contributed by atoms with Gasteiger partial charge in [0.25, 0.3) is 0 Å². The Morgan fingerprint density at radius 1 is 1.35 bits per heavy atom. The van der Waals surface area contributed by atoms with Gasteiger partial charge in [0.2, 0.25) is 5.88 Å². The van der Waals surface area contributed by atoms with Crippen molar-refractivity contribution in [2.45, 2.75) is 32.2 Å². The second-order valence-corrected chi connectivity index (χ2v) is 7.65. The van der Waals surface area contributed by atoms with Gasteiger partial charge in [-0.15, -0.1) is 11.3 Å². The number of unbranched alkanes of at least 4 members (excludes halogenated alkanes) is 2. The first-order chi connectivity index (χ1) is 12.6. The van der Waals surface area contributed by atoms with Crippen molar-refractivity contribution in [3.05, 3.63) is 38.7 Å². The van der Waals surface area contributed by atoms with Crippen molar-refractivity contribution in [2.75, 3.05) is 7.11 Å². The van der Waals surface area contributed by atoms with Crippen LogP contribution in [-0.4, -0.2) is 29.0 Å². The van der Waals surface area contributed by atoms with Crippen LogP contribution >= 0.6 is 23.6 Å². The Morgan fingerprint density at radius 2 is 2.15 bits per heavy atom. The summed E-state index contributed by atoms with van der Waals surface area (Å²) in [6.07, 6.45) is 6.66. The van der Waals surface area contributed by atoms with Crippen LogP contribution in [0.2, 0.25) is 0 Å². The molecule has 1 aliphatic heterocycles. The van der Waals surface area contributed by atoms with E-state index < -0.39 is 0 Å². The number of fused-ring (bicyclic) bond motifs is 1. The number of rotatable bonds is 7. The molecule has 1 N–H and O–H groups in total. The average molecular weight is 389 g/mol. The van der Waals surface area contributed by atoms with Crippen LogP contribution in [0.15, 0.2) is 29.3 Å². The zero-order chi connectivity index (χ0) is 18.5. The number of carbonyl (C=O) groups is 1. The summed E-state index contributed by atoms with van der Waals surface area (Å²) in [6, 6.07) is 7.91. The molecule has 0 aliphatic carbocycles. The highest BCUT2D eigenvalue weighted by Gasteiger charge is 2.15. The second-order valence-electron chi connectivity index (χ2n) is 5.97. The molecule has 1 aromatic heterocycles. The van der Waals surface area contributed by atoms with Crippen LogP contribution in [0.25, 0.3) is 11.6 Å². The number of benzene rings is 1. The minimum absolute atomic E-state index is 0.188. The summed E-state index contributed by atoms with van der Waals surface area (Å²) in [4.78, 5) is 16.2. The predicted octanol–water partition coefficient (Wildman–Crippen LogP) is 4.97. The number of allylic oxidation sites excluding steroid dienone is 1. The number of esters is 1. The van der Waals surface area contributed by atoms with Crippen LogP contribution in [0.1, 0.15) is 36.1 Å². The van der Waals surface area contributed by atoms with Crippen molar-refractivity contribution in [1.82, 2.24) is 4.57 Å². The van der Waals surface area contributed by atoms with Gasteiger partial charge in [-0.3, -0.25) is 14.4 Å². The third kappa shape index (κ3) is 4.11. The van der Waals surface area contributed by atoms with Crippen molar-refractivity contribution in [1.29, 1.82) is 0 Å². The number of aromatic nitrogens is 1. The lowest BCUT2D eigenvalue weighted by molar-refractivity contribution is -0.140.